The third kappa shape index (κ3) is 8.38. The number of aromatic amines is 1. The van der Waals surface area contributed by atoms with Gasteiger partial charge in [0.2, 0.25) is 11.8 Å². The van der Waals surface area contributed by atoms with Gasteiger partial charge in [0, 0.05) is 30.3 Å². The molecule has 1 aromatic heterocycles. The lowest BCUT2D eigenvalue weighted by atomic mass is 10.0. The summed E-state index contributed by atoms with van der Waals surface area (Å²) in [6.45, 7) is 0.0266. The molecule has 4 rings (SSSR count). The van der Waals surface area contributed by atoms with E-state index < -0.39 is 35.9 Å². The molecular weight excluding hydrogens is 510 g/mol. The molecule has 0 radical (unpaired) electrons. The number of carbonyl (C=O) groups is 4. The molecule has 10 nitrogen and oxygen atoms in total. The molecule has 0 bridgehead atoms. The molecule has 2 atom stereocenters. The maximum absolute atomic E-state index is 13.5. The van der Waals surface area contributed by atoms with Gasteiger partial charge in [-0.15, -0.1) is 0 Å². The van der Waals surface area contributed by atoms with Gasteiger partial charge >= 0.3 is 6.09 Å². The van der Waals surface area contributed by atoms with Crippen molar-refractivity contribution < 1.29 is 23.9 Å². The summed E-state index contributed by atoms with van der Waals surface area (Å²) in [5.74, 6) is -1.92. The zero-order chi connectivity index (χ0) is 28.2. The van der Waals surface area contributed by atoms with Gasteiger partial charge in [-0.2, -0.15) is 0 Å². The zero-order valence-corrected chi connectivity index (χ0v) is 21.6. The molecule has 0 fully saturated rings. The van der Waals surface area contributed by atoms with E-state index >= 15 is 0 Å². The van der Waals surface area contributed by atoms with Gasteiger partial charge in [0.05, 0.1) is 6.33 Å². The van der Waals surface area contributed by atoms with Gasteiger partial charge in [0.25, 0.3) is 5.91 Å². The van der Waals surface area contributed by atoms with E-state index in [1.54, 1.807) is 30.3 Å². The Morgan fingerprint density at radius 2 is 1.32 bits per heavy atom. The molecule has 0 spiro atoms. The number of H-pyrrole nitrogens is 1. The summed E-state index contributed by atoms with van der Waals surface area (Å²) in [7, 11) is 0. The second kappa shape index (κ2) is 14.1. The third-order valence-corrected chi connectivity index (χ3v) is 5.99. The highest BCUT2D eigenvalue weighted by molar-refractivity contribution is 6.07. The average Bonchev–Trinajstić information content (AvgIpc) is 3.50. The smallest absolute Gasteiger partial charge is 0.408 e. The summed E-state index contributed by atoms with van der Waals surface area (Å²) in [5.41, 5.74) is 2.45. The highest BCUT2D eigenvalue weighted by Gasteiger charge is 2.29. The quantitative estimate of drug-likeness (QED) is 0.231. The van der Waals surface area contributed by atoms with Crippen LogP contribution in [0, 0.1) is 0 Å². The Morgan fingerprint density at radius 1 is 0.725 bits per heavy atom. The Hall–Kier alpha value is -5.25. The standard InChI is InChI=1S/C30H29N5O5/c36-27(23-14-8-3-9-15-23)35-29(38)26(17-24-18-31-20-32-24)33-28(37)25(16-21-10-4-1-5-11-21)34-30(39)40-19-22-12-6-2-7-13-22/h1-15,18,20,25-26H,16-17,19H2,(H,31,32)(H,33,37)(H,34,39)(H,35,36,38)/t25-,26-/m0/s1. The van der Waals surface area contributed by atoms with E-state index in [2.05, 4.69) is 25.9 Å². The predicted octanol–water partition coefficient (Wildman–Crippen LogP) is 2.93. The average molecular weight is 540 g/mol. The van der Waals surface area contributed by atoms with Crippen molar-refractivity contribution in [3.63, 3.8) is 0 Å². The summed E-state index contributed by atoms with van der Waals surface area (Å²) in [6, 6.07) is 24.3. The van der Waals surface area contributed by atoms with Crippen LogP contribution < -0.4 is 16.0 Å². The summed E-state index contributed by atoms with van der Waals surface area (Å²) in [4.78, 5) is 58.8. The van der Waals surface area contributed by atoms with Crippen LogP contribution in [-0.4, -0.2) is 45.9 Å². The minimum Gasteiger partial charge on any atom is -0.445 e. The molecule has 10 heteroatoms. The fourth-order valence-corrected chi connectivity index (χ4v) is 3.92. The van der Waals surface area contributed by atoms with E-state index in [9.17, 15) is 19.2 Å². The van der Waals surface area contributed by atoms with Crippen LogP contribution >= 0.6 is 0 Å². The SMILES string of the molecule is O=C(N[C@@H](Cc1ccccc1)C(=O)N[C@@H](Cc1cnc[nH]1)C(=O)NC(=O)c1ccccc1)OCc1ccccc1. The van der Waals surface area contributed by atoms with Gasteiger partial charge in [0.1, 0.15) is 18.7 Å². The number of benzene rings is 3. The first-order valence-electron chi connectivity index (χ1n) is 12.7. The first kappa shape index (κ1) is 27.8. The third-order valence-electron chi connectivity index (χ3n) is 5.99. The predicted molar refractivity (Wildman–Crippen MR) is 147 cm³/mol. The number of hydrogen-bond donors (Lipinski definition) is 4. The molecule has 0 aliphatic heterocycles. The number of alkyl carbamates (subject to hydrolysis) is 1. The molecule has 4 amide bonds. The topological polar surface area (TPSA) is 142 Å². The van der Waals surface area contributed by atoms with Crippen LogP contribution in [0.3, 0.4) is 0 Å². The zero-order valence-electron chi connectivity index (χ0n) is 21.6. The molecule has 0 aliphatic rings. The van der Waals surface area contributed by atoms with Gasteiger partial charge in [0.15, 0.2) is 0 Å². The van der Waals surface area contributed by atoms with Gasteiger partial charge in [-0.3, -0.25) is 19.7 Å². The maximum Gasteiger partial charge on any atom is 0.408 e. The van der Waals surface area contributed by atoms with Crippen molar-refractivity contribution in [3.05, 3.63) is 126 Å². The van der Waals surface area contributed by atoms with Crippen molar-refractivity contribution in [3.8, 4) is 0 Å². The fourth-order valence-electron chi connectivity index (χ4n) is 3.92. The lowest BCUT2D eigenvalue weighted by molar-refractivity contribution is -0.129. The Morgan fingerprint density at radius 3 is 1.95 bits per heavy atom. The summed E-state index contributed by atoms with van der Waals surface area (Å²) >= 11 is 0. The van der Waals surface area contributed by atoms with Crippen molar-refractivity contribution in [2.75, 3.05) is 0 Å². The number of nitrogens with zero attached hydrogens (tertiary/aromatic N) is 1. The number of carbonyl (C=O) groups excluding carboxylic acids is 4. The highest BCUT2D eigenvalue weighted by Crippen LogP contribution is 2.08. The second-order valence-corrected chi connectivity index (χ2v) is 8.97. The molecule has 4 aromatic rings. The van der Waals surface area contributed by atoms with E-state index in [1.807, 2.05) is 60.7 Å². The molecule has 0 unspecified atom stereocenters. The molecule has 1 heterocycles. The molecule has 0 saturated heterocycles. The number of ether oxygens (including phenoxy) is 1. The summed E-state index contributed by atoms with van der Waals surface area (Å²) in [5, 5.41) is 7.65. The summed E-state index contributed by atoms with van der Waals surface area (Å²) in [6.07, 6.45) is 2.37. The minimum atomic E-state index is -1.14. The lowest BCUT2D eigenvalue weighted by Gasteiger charge is -2.23. The normalized spacial score (nSPS) is 12.0. The number of imidazole rings is 1. The van der Waals surface area contributed by atoms with Crippen LogP contribution in [0.15, 0.2) is 104 Å². The number of imide groups is 1. The van der Waals surface area contributed by atoms with Crippen LogP contribution in [-0.2, 0) is 33.8 Å². The molecule has 4 N–H and O–H groups in total. The molecule has 3 aromatic carbocycles. The van der Waals surface area contributed by atoms with Crippen molar-refractivity contribution in [1.29, 1.82) is 0 Å². The second-order valence-electron chi connectivity index (χ2n) is 8.97. The molecule has 204 valence electrons. The molecule has 0 aliphatic carbocycles. The van der Waals surface area contributed by atoms with Crippen molar-refractivity contribution >= 4 is 23.8 Å². The van der Waals surface area contributed by atoms with Crippen LogP contribution in [0.25, 0.3) is 0 Å². The van der Waals surface area contributed by atoms with Crippen molar-refractivity contribution in [2.24, 2.45) is 0 Å². The monoisotopic (exact) mass is 539 g/mol. The number of amides is 4. The highest BCUT2D eigenvalue weighted by atomic mass is 16.5. The van der Waals surface area contributed by atoms with Gasteiger partial charge < -0.3 is 20.4 Å². The van der Waals surface area contributed by atoms with Crippen LogP contribution in [0.4, 0.5) is 4.79 Å². The van der Waals surface area contributed by atoms with E-state index in [0.29, 0.717) is 11.3 Å². The number of hydrogen-bond acceptors (Lipinski definition) is 6. The van der Waals surface area contributed by atoms with Crippen LogP contribution in [0.2, 0.25) is 0 Å². The molecular formula is C30H29N5O5. The van der Waals surface area contributed by atoms with E-state index in [0.717, 1.165) is 11.1 Å². The molecule has 0 saturated carbocycles. The number of rotatable bonds is 11. The Bertz CT molecular complexity index is 1400. The number of aromatic nitrogens is 2. The van der Waals surface area contributed by atoms with Crippen LogP contribution in [0.1, 0.15) is 27.2 Å². The first-order valence-corrected chi connectivity index (χ1v) is 12.7. The van der Waals surface area contributed by atoms with Gasteiger partial charge in [-0.1, -0.05) is 78.9 Å². The molecule has 40 heavy (non-hydrogen) atoms. The number of nitrogens with one attached hydrogen (secondary N) is 4. The van der Waals surface area contributed by atoms with E-state index in [4.69, 9.17) is 4.74 Å². The summed E-state index contributed by atoms with van der Waals surface area (Å²) < 4.78 is 5.32. The van der Waals surface area contributed by atoms with Gasteiger partial charge in [-0.05, 0) is 23.3 Å². The minimum absolute atomic E-state index is 0.0266. The van der Waals surface area contributed by atoms with E-state index in [-0.39, 0.29) is 19.4 Å². The van der Waals surface area contributed by atoms with Crippen LogP contribution in [0.5, 0.6) is 0 Å². The fraction of sp³-hybridized carbons (Fsp3) is 0.167. The Balaban J connectivity index is 1.47. The van der Waals surface area contributed by atoms with Gasteiger partial charge in [-0.25, -0.2) is 9.78 Å². The Labute approximate surface area is 231 Å². The lowest BCUT2D eigenvalue weighted by Crippen LogP contribution is -2.55. The van der Waals surface area contributed by atoms with E-state index in [1.165, 1.54) is 12.5 Å². The maximum atomic E-state index is 13.5. The van der Waals surface area contributed by atoms with Crippen molar-refractivity contribution in [1.82, 2.24) is 25.9 Å². The van der Waals surface area contributed by atoms with Crippen molar-refractivity contribution in [2.45, 2.75) is 31.5 Å². The first-order chi connectivity index (χ1) is 19.5. The Kier molecular flexibility index (Phi) is 9.76. The largest absolute Gasteiger partial charge is 0.445 e.